The lowest BCUT2D eigenvalue weighted by Gasteiger charge is -2.29. The molecule has 41 nitrogen and oxygen atoms in total. The van der Waals surface area contributed by atoms with Gasteiger partial charge in [-0.05, 0) is 113 Å². The molecule has 0 saturated heterocycles. The summed E-state index contributed by atoms with van der Waals surface area (Å²) in [4.78, 5) is 233. The lowest BCUT2D eigenvalue weighted by atomic mass is 9.99. The molecular weight excluding hydrogens is 1610 g/mol. The van der Waals surface area contributed by atoms with E-state index >= 15 is 0 Å². The summed E-state index contributed by atoms with van der Waals surface area (Å²) in [5.74, 6) is -18.7. The Bertz CT molecular complexity index is 4140. The van der Waals surface area contributed by atoms with Crippen molar-refractivity contribution in [2.24, 2.45) is 51.4 Å². The first-order valence-corrected chi connectivity index (χ1v) is 42.7. The third kappa shape index (κ3) is 39.7. The van der Waals surface area contributed by atoms with Crippen LogP contribution in [0.4, 0.5) is 0 Å². The molecule has 0 heterocycles. The van der Waals surface area contributed by atoms with Gasteiger partial charge >= 0.3 is 13.8 Å². The number of rotatable bonds is 54. The molecule has 3 rings (SSSR count). The molecule has 0 aliphatic heterocycles. The predicted molar refractivity (Wildman–Crippen MR) is 441 cm³/mol. The predicted octanol–water partition coefficient (Wildman–Crippen LogP) is -4.16. The summed E-state index contributed by atoms with van der Waals surface area (Å²) in [5.41, 5.74) is 29.5. The monoisotopic (exact) mass is 1730 g/mol. The van der Waals surface area contributed by atoms with E-state index in [2.05, 4.69) is 78.6 Å². The Morgan fingerprint density at radius 2 is 0.767 bits per heavy atom. The van der Waals surface area contributed by atoms with Crippen molar-refractivity contribution in [1.82, 2.24) is 69.1 Å². The smallest absolute Gasteiger partial charge is 0.469 e. The summed E-state index contributed by atoms with van der Waals surface area (Å²) in [7, 11) is -9.62. The van der Waals surface area contributed by atoms with E-state index in [-0.39, 0.29) is 69.9 Å². The van der Waals surface area contributed by atoms with Crippen molar-refractivity contribution in [1.29, 1.82) is 0 Å². The van der Waals surface area contributed by atoms with E-state index < -0.39 is 234 Å². The molecule has 0 aromatic heterocycles. The Morgan fingerprint density at radius 3 is 1.15 bits per heavy atom. The molecule has 0 bridgehead atoms. The number of nitrogens with zero attached hydrogens (tertiary/aromatic N) is 1. The third-order valence-electron chi connectivity index (χ3n) is 18.4. The summed E-state index contributed by atoms with van der Waals surface area (Å²) in [6.45, 7) is 12.2. The first-order chi connectivity index (χ1) is 56.2. The highest BCUT2D eigenvalue weighted by Gasteiger charge is 2.39. The minimum atomic E-state index is -5.56. The topological polar surface area (TPSA) is 676 Å². The van der Waals surface area contributed by atoms with Gasteiger partial charge in [0.1, 0.15) is 88.4 Å². The van der Waals surface area contributed by atoms with E-state index in [0.717, 1.165) is 6.26 Å². The summed E-state index contributed by atoms with van der Waals surface area (Å²) in [5, 5.41) is 42.4. The van der Waals surface area contributed by atoms with E-state index in [4.69, 9.17) is 28.7 Å². The number of carbonyl (C=O) groups is 15. The Labute approximate surface area is 697 Å². The summed E-state index contributed by atoms with van der Waals surface area (Å²) >= 11 is 0. The number of aliphatic imine (C=N–C) groups is 1. The molecule has 14 amide bonds. The van der Waals surface area contributed by atoms with Crippen LogP contribution in [-0.4, -0.2) is 234 Å². The third-order valence-corrected chi connectivity index (χ3v) is 19.9. The van der Waals surface area contributed by atoms with Gasteiger partial charge in [-0.2, -0.15) is 0 Å². The molecule has 26 N–H and O–H groups in total. The molecule has 0 aliphatic rings. The Hall–Kier alpha value is -11.0. The number of phosphoric ester groups is 1. The SMILES string of the molecule is CC(C)C[C@H](NC(=O)[C@H](C)NC(=O)[C@H](C)N)C(=O)N[C@H](C(=O)N[C@@H](CCCN=C(N)N)C(=O)N[C@@H](CCC(N)=O)C(=O)N[C@@H](CCS(C)(=O)=O)C(=O)N[C@@H](COP(=O)(O)O)C(=O)N[C@H](C(=O)N[C@@H](C)C(=O)N[C@@H](Cc1ccccc1)C(=O)N[C@@H](Cc1ccccc1)C(=O)N[C@@H](Cc1ccccc1)C(=O)N[C@@H](CCCCN)C(=O)O)C(C)C)C(C)C. The maximum absolute atomic E-state index is 14.8. The van der Waals surface area contributed by atoms with Crippen LogP contribution in [0, 0.1) is 17.8 Å². The van der Waals surface area contributed by atoms with Gasteiger partial charge in [0.2, 0.25) is 82.7 Å². The number of nitrogens with two attached hydrogens (primary N) is 5. The number of nitrogens with one attached hydrogen (secondary N) is 13. The van der Waals surface area contributed by atoms with Gasteiger partial charge in [-0.3, -0.25) is 76.6 Å². The molecular formula is C77H120N19O22PS. The molecule has 43 heteroatoms. The van der Waals surface area contributed by atoms with Gasteiger partial charge in [0.25, 0.3) is 0 Å². The Morgan fingerprint density at radius 1 is 0.425 bits per heavy atom. The van der Waals surface area contributed by atoms with Gasteiger partial charge in [0, 0.05) is 38.5 Å². The molecule has 0 radical (unpaired) electrons. The number of unbranched alkanes of at least 4 members (excludes halogenated alkanes) is 1. The molecule has 120 heavy (non-hydrogen) atoms. The molecule has 0 saturated carbocycles. The maximum Gasteiger partial charge on any atom is 0.469 e. The fourth-order valence-electron chi connectivity index (χ4n) is 11.8. The highest BCUT2D eigenvalue weighted by atomic mass is 32.2. The molecule has 14 atom stereocenters. The maximum atomic E-state index is 14.8. The van der Waals surface area contributed by atoms with Crippen molar-refractivity contribution in [2.75, 3.05) is 31.7 Å². The van der Waals surface area contributed by atoms with Crippen LogP contribution in [0.5, 0.6) is 0 Å². The number of carboxylic acid groups (broad SMARTS) is 1. The van der Waals surface area contributed by atoms with Crippen molar-refractivity contribution in [2.45, 2.75) is 224 Å². The molecule has 3 aromatic carbocycles. The number of guanidine groups is 1. The summed E-state index contributed by atoms with van der Waals surface area (Å²) in [6, 6.07) is 3.56. The normalized spacial score (nSPS) is 15.0. The first kappa shape index (κ1) is 103. The van der Waals surface area contributed by atoms with E-state index in [1.165, 1.54) is 34.6 Å². The molecule has 0 spiro atoms. The summed E-state index contributed by atoms with van der Waals surface area (Å²) in [6.07, 6.45) is -1.27. The number of carbonyl (C=O) groups excluding carboxylic acids is 14. The van der Waals surface area contributed by atoms with E-state index in [0.29, 0.717) is 29.5 Å². The van der Waals surface area contributed by atoms with Crippen LogP contribution in [0.3, 0.4) is 0 Å². The van der Waals surface area contributed by atoms with Gasteiger partial charge in [0.15, 0.2) is 5.96 Å². The van der Waals surface area contributed by atoms with Crippen molar-refractivity contribution in [3.05, 3.63) is 108 Å². The van der Waals surface area contributed by atoms with Crippen LogP contribution in [0.1, 0.15) is 137 Å². The lowest BCUT2D eigenvalue weighted by molar-refractivity contribution is -0.142. The molecule has 666 valence electrons. The van der Waals surface area contributed by atoms with E-state index in [1.54, 1.807) is 119 Å². The zero-order valence-corrected chi connectivity index (χ0v) is 70.8. The van der Waals surface area contributed by atoms with Crippen LogP contribution in [-0.2, 0) is 110 Å². The lowest BCUT2D eigenvalue weighted by Crippen LogP contribution is -2.62. The average molecular weight is 1730 g/mol. The van der Waals surface area contributed by atoms with Crippen LogP contribution < -0.4 is 97.8 Å². The Balaban J connectivity index is 2.01. The molecule has 0 fully saturated rings. The number of hydrogen-bond donors (Lipinski definition) is 21. The van der Waals surface area contributed by atoms with Crippen molar-refractivity contribution >= 4 is 112 Å². The fourth-order valence-corrected chi connectivity index (χ4v) is 12.8. The second kappa shape index (κ2) is 51.4. The van der Waals surface area contributed by atoms with Crippen LogP contribution in [0.2, 0.25) is 0 Å². The number of phosphoric acid groups is 1. The average Bonchev–Trinajstić information content (AvgIpc) is 0.852. The Kier molecular flexibility index (Phi) is 44.2. The number of carboxylic acids is 1. The second-order valence-corrected chi connectivity index (χ2v) is 33.7. The molecule has 0 unspecified atom stereocenters. The number of hydrogen-bond acceptors (Lipinski definition) is 22. The van der Waals surface area contributed by atoms with Gasteiger partial charge < -0.3 is 113 Å². The second-order valence-electron chi connectivity index (χ2n) is 30.2. The summed E-state index contributed by atoms with van der Waals surface area (Å²) < 4.78 is 42.4. The van der Waals surface area contributed by atoms with Gasteiger partial charge in [-0.1, -0.05) is 133 Å². The number of amides is 14. The number of primary amides is 1. The van der Waals surface area contributed by atoms with Crippen molar-refractivity contribution in [3.8, 4) is 0 Å². The highest BCUT2D eigenvalue weighted by molar-refractivity contribution is 7.90. The van der Waals surface area contributed by atoms with Gasteiger partial charge in [-0.15, -0.1) is 0 Å². The number of benzene rings is 3. The first-order valence-electron chi connectivity index (χ1n) is 39.2. The molecule has 0 aliphatic carbocycles. The van der Waals surface area contributed by atoms with Gasteiger partial charge in [-0.25, -0.2) is 17.8 Å². The van der Waals surface area contributed by atoms with Crippen molar-refractivity contribution in [3.63, 3.8) is 0 Å². The zero-order valence-electron chi connectivity index (χ0n) is 69.1. The standard InChI is InChI=1S/C77H120N19O22PS/c1-42(2)37-55(90-64(99)46(8)84-63(98)45(7)79)72(107)95-62(44(5)6)75(110)88-51(30-22-35-83-77(81)82)66(101)86-52(31-32-60(80)97)67(102)87-53(33-36-120(10,116)117)68(103)94-59(41-118-119(113,114)115)73(108)96-61(43(3)4)74(109)85-47(9)65(100)91-56(38-48-23-14-11-15-24-48)70(105)93-58(40-50-27-18-13-19-28-50)71(106)92-57(39-49-25-16-12-17-26-49)69(104)89-54(76(111)112)29-20-21-34-78/h11-19,23-28,42-47,51-59,61-62H,20-22,29-41,78-79H2,1-10H3,(H2,80,97)(H,84,98)(H,85,109)(H,86,101)(H,87,102)(H,88,110)(H,89,104)(H,90,99)(H,91,100)(H,92,106)(H,93,105)(H,94,103)(H,95,107)(H,96,108)(H,111,112)(H4,81,82,83)(H2,113,114,115)/t45-,46-,47-,51-,52-,53-,54-,55-,56-,57-,58-,59-,61-,62-/m0/s1. The van der Waals surface area contributed by atoms with Crippen LogP contribution in [0.25, 0.3) is 0 Å². The van der Waals surface area contributed by atoms with Crippen LogP contribution in [0.15, 0.2) is 96.0 Å². The minimum absolute atomic E-state index is 0.0301. The molecule has 3 aromatic rings. The number of aliphatic carboxylic acids is 1. The van der Waals surface area contributed by atoms with E-state index in [9.17, 15) is 99.8 Å². The zero-order chi connectivity index (χ0) is 90.3. The minimum Gasteiger partial charge on any atom is -0.480 e. The highest BCUT2D eigenvalue weighted by Crippen LogP contribution is 2.35. The van der Waals surface area contributed by atoms with E-state index in [1.807, 2.05) is 0 Å². The van der Waals surface area contributed by atoms with Crippen LogP contribution >= 0.6 is 7.82 Å². The number of sulfone groups is 1. The fraction of sp³-hybridized carbons (Fsp3) is 0.558. The quantitative estimate of drug-likeness (QED) is 0.0110. The van der Waals surface area contributed by atoms with Crippen molar-refractivity contribution < 1.29 is 104 Å². The largest absolute Gasteiger partial charge is 0.480 e. The van der Waals surface area contributed by atoms with Gasteiger partial charge in [0.05, 0.1) is 18.4 Å².